The Balaban J connectivity index is 1.87. The number of halogens is 3. The summed E-state index contributed by atoms with van der Waals surface area (Å²) in [6, 6.07) is 6.10. The highest BCUT2D eigenvalue weighted by molar-refractivity contribution is 6.07. The first-order valence-electron chi connectivity index (χ1n) is 13.1. The van der Waals surface area contributed by atoms with Gasteiger partial charge in [0.25, 0.3) is 5.91 Å². The highest BCUT2D eigenvalue weighted by Gasteiger charge is 2.42. The number of fused-ring (bicyclic) bond motifs is 1. The molecule has 1 amide bonds. The number of methoxy groups -OCH3 is 1. The molecule has 2 aromatic carbocycles. The van der Waals surface area contributed by atoms with Gasteiger partial charge in [-0.15, -0.1) is 0 Å². The van der Waals surface area contributed by atoms with E-state index >= 15 is 0 Å². The average Bonchev–Trinajstić information content (AvgIpc) is 3.23. The van der Waals surface area contributed by atoms with Crippen LogP contribution in [0.3, 0.4) is 0 Å². The summed E-state index contributed by atoms with van der Waals surface area (Å²) in [5.41, 5.74) is 1.34. The van der Waals surface area contributed by atoms with Crippen LogP contribution in [0.1, 0.15) is 65.1 Å². The van der Waals surface area contributed by atoms with E-state index in [1.807, 2.05) is 0 Å². The number of benzene rings is 2. The number of nitrogens with zero attached hydrogens (tertiary/aromatic N) is 1. The van der Waals surface area contributed by atoms with Gasteiger partial charge in [-0.25, -0.2) is 9.59 Å². The smallest absolute Gasteiger partial charge is 0.491 e. The number of carbonyl (C=O) groups is 4. The van der Waals surface area contributed by atoms with Crippen molar-refractivity contribution < 1.29 is 51.3 Å². The van der Waals surface area contributed by atoms with E-state index in [-0.39, 0.29) is 53.2 Å². The molecule has 0 spiro atoms. The average molecular weight is 608 g/mol. The molecule has 0 radical (unpaired) electrons. The number of ether oxygens (including phenoxy) is 4. The van der Waals surface area contributed by atoms with Crippen LogP contribution in [0.4, 0.5) is 13.2 Å². The molecule has 11 nitrogen and oxygen atoms in total. The number of amidine groups is 1. The lowest BCUT2D eigenvalue weighted by Crippen LogP contribution is -2.31. The van der Waals surface area contributed by atoms with E-state index in [1.165, 1.54) is 31.2 Å². The molecule has 14 heteroatoms. The molecule has 43 heavy (non-hydrogen) atoms. The first-order valence-corrected chi connectivity index (χ1v) is 13.1. The summed E-state index contributed by atoms with van der Waals surface area (Å²) in [4.78, 5) is 50.2. The maximum atomic E-state index is 13.5. The molecule has 232 valence electrons. The number of amides is 1. The van der Waals surface area contributed by atoms with Gasteiger partial charge in [-0.1, -0.05) is 20.8 Å². The third-order valence-electron chi connectivity index (χ3n) is 6.42. The zero-order chi connectivity index (χ0) is 32.3. The van der Waals surface area contributed by atoms with E-state index < -0.39 is 30.1 Å². The molecule has 3 rings (SSSR count). The zero-order valence-electron chi connectivity index (χ0n) is 24.5. The number of hydrogen-bond donors (Lipinski definition) is 2. The van der Waals surface area contributed by atoms with E-state index in [0.29, 0.717) is 29.0 Å². The highest BCUT2D eigenvalue weighted by atomic mass is 19.4. The Kier molecular flexibility index (Phi) is 9.72. The molecule has 0 fully saturated rings. The van der Waals surface area contributed by atoms with Gasteiger partial charge in [0.1, 0.15) is 11.6 Å². The summed E-state index contributed by atoms with van der Waals surface area (Å²) in [5.74, 6) is -4.59. The third-order valence-corrected chi connectivity index (χ3v) is 6.42. The Morgan fingerprint density at radius 3 is 2.26 bits per heavy atom. The molecule has 2 aromatic rings. The maximum absolute atomic E-state index is 13.5. The molecule has 0 bridgehead atoms. The van der Waals surface area contributed by atoms with Gasteiger partial charge in [0.15, 0.2) is 23.9 Å². The minimum Gasteiger partial charge on any atom is -0.493 e. The molecule has 0 saturated heterocycles. The summed E-state index contributed by atoms with van der Waals surface area (Å²) < 4.78 is 57.5. The lowest BCUT2D eigenvalue weighted by Gasteiger charge is -2.25. The number of carbonyl (C=O) groups excluding carboxylic acids is 4. The van der Waals surface area contributed by atoms with Gasteiger partial charge in [-0.05, 0) is 42.2 Å². The predicted octanol–water partition coefficient (Wildman–Crippen LogP) is 3.79. The van der Waals surface area contributed by atoms with Crippen LogP contribution in [0.15, 0.2) is 24.3 Å². The Bertz CT molecular complexity index is 1460. The Hall–Kier alpha value is -4.62. The fourth-order valence-corrected chi connectivity index (χ4v) is 4.36. The van der Waals surface area contributed by atoms with E-state index in [1.54, 1.807) is 39.8 Å². The van der Waals surface area contributed by atoms with Crippen molar-refractivity contribution in [2.45, 2.75) is 45.8 Å². The number of esters is 2. The zero-order valence-corrected chi connectivity index (χ0v) is 24.5. The standard InChI is InChI=1S/C29H32F3N3O8/c1-7-41-21-10-16-12-35(25(33)17(16)11-18(21)26(38)34-5)13-20(36)15-8-19(28(2,3)4)24(22(9-15)40-6)42-14-23(37)43-27(39)29(30,31)32/h8-11,33H,7,12-14H2,1-6H3,(H,34,38). The quantitative estimate of drug-likeness (QED) is 0.234. The minimum atomic E-state index is -5.35. The van der Waals surface area contributed by atoms with Gasteiger partial charge in [0.05, 0.1) is 25.8 Å². The van der Waals surface area contributed by atoms with Crippen molar-refractivity contribution in [1.29, 1.82) is 5.41 Å². The van der Waals surface area contributed by atoms with Crippen molar-refractivity contribution in [2.75, 3.05) is 33.9 Å². The minimum absolute atomic E-state index is 0.0158. The molecule has 1 aliphatic rings. The van der Waals surface area contributed by atoms with Gasteiger partial charge < -0.3 is 29.2 Å². The van der Waals surface area contributed by atoms with Crippen molar-refractivity contribution in [1.82, 2.24) is 10.2 Å². The molecule has 0 aliphatic carbocycles. The van der Waals surface area contributed by atoms with Crippen LogP contribution >= 0.6 is 0 Å². The van der Waals surface area contributed by atoms with Crippen molar-refractivity contribution in [3.63, 3.8) is 0 Å². The van der Waals surface area contributed by atoms with Gasteiger partial charge >= 0.3 is 18.1 Å². The molecular formula is C29H32F3N3O8. The van der Waals surface area contributed by atoms with E-state index in [9.17, 15) is 32.3 Å². The lowest BCUT2D eigenvalue weighted by molar-refractivity contribution is -0.202. The number of ketones is 1. The predicted molar refractivity (Wildman–Crippen MR) is 147 cm³/mol. The summed E-state index contributed by atoms with van der Waals surface area (Å²) in [5, 5.41) is 11.2. The van der Waals surface area contributed by atoms with Crippen LogP contribution in [0, 0.1) is 5.41 Å². The van der Waals surface area contributed by atoms with Gasteiger partial charge in [-0.3, -0.25) is 15.0 Å². The summed E-state index contributed by atoms with van der Waals surface area (Å²) in [6.45, 7) is 6.43. The molecular weight excluding hydrogens is 575 g/mol. The van der Waals surface area contributed by atoms with Crippen molar-refractivity contribution >= 4 is 29.5 Å². The van der Waals surface area contributed by atoms with Crippen molar-refractivity contribution in [2.24, 2.45) is 0 Å². The molecule has 0 unspecified atom stereocenters. The Morgan fingerprint density at radius 2 is 1.70 bits per heavy atom. The Morgan fingerprint density at radius 1 is 1.02 bits per heavy atom. The molecule has 0 aromatic heterocycles. The highest BCUT2D eigenvalue weighted by Crippen LogP contribution is 2.40. The van der Waals surface area contributed by atoms with Crippen molar-refractivity contribution in [3.8, 4) is 17.2 Å². The second kappa shape index (κ2) is 12.7. The van der Waals surface area contributed by atoms with Crippen LogP contribution in [0.5, 0.6) is 17.2 Å². The first-order chi connectivity index (χ1) is 20.0. The third kappa shape index (κ3) is 7.43. The van der Waals surface area contributed by atoms with Crippen LogP contribution in [0.2, 0.25) is 0 Å². The number of nitrogens with one attached hydrogen (secondary N) is 2. The molecule has 0 atom stereocenters. The SMILES string of the molecule is CCOc1cc2c(cc1C(=O)NC)C(=N)N(CC(=O)c1cc(OC)c(OCC(=O)OC(=O)C(F)(F)F)c(C(C)(C)C)c1)C2. The first kappa shape index (κ1) is 32.9. The number of alkyl halides is 3. The van der Waals surface area contributed by atoms with Crippen molar-refractivity contribution in [3.05, 3.63) is 52.1 Å². The van der Waals surface area contributed by atoms with Crippen LogP contribution in [-0.2, 0) is 26.3 Å². The normalized spacial score (nSPS) is 12.9. The fraction of sp³-hybridized carbons (Fsp3) is 0.414. The fourth-order valence-electron chi connectivity index (χ4n) is 4.36. The monoisotopic (exact) mass is 607 g/mol. The van der Waals surface area contributed by atoms with E-state index in [2.05, 4.69) is 10.1 Å². The van der Waals surface area contributed by atoms with Crippen LogP contribution < -0.4 is 19.5 Å². The lowest BCUT2D eigenvalue weighted by atomic mass is 9.84. The van der Waals surface area contributed by atoms with Crippen LogP contribution in [0.25, 0.3) is 0 Å². The second-order valence-corrected chi connectivity index (χ2v) is 10.5. The number of hydrogen-bond acceptors (Lipinski definition) is 9. The van der Waals surface area contributed by atoms with Gasteiger partial charge in [0.2, 0.25) is 0 Å². The molecule has 2 N–H and O–H groups in total. The van der Waals surface area contributed by atoms with E-state index in [4.69, 9.17) is 19.6 Å². The molecule has 0 saturated carbocycles. The molecule has 1 heterocycles. The summed E-state index contributed by atoms with van der Waals surface area (Å²) in [7, 11) is 2.76. The largest absolute Gasteiger partial charge is 0.493 e. The topological polar surface area (TPSA) is 144 Å². The van der Waals surface area contributed by atoms with Crippen LogP contribution in [-0.4, -0.2) is 74.5 Å². The van der Waals surface area contributed by atoms with Gasteiger partial charge in [0, 0.05) is 30.3 Å². The summed E-state index contributed by atoms with van der Waals surface area (Å²) in [6.07, 6.45) is -5.35. The van der Waals surface area contributed by atoms with Gasteiger partial charge in [-0.2, -0.15) is 13.2 Å². The number of Topliss-reactive ketones (excluding diaryl/α,β-unsaturated/α-hetero) is 1. The summed E-state index contributed by atoms with van der Waals surface area (Å²) >= 11 is 0. The Labute approximate surface area is 245 Å². The number of rotatable bonds is 10. The molecule has 1 aliphatic heterocycles. The maximum Gasteiger partial charge on any atom is 0.491 e. The van der Waals surface area contributed by atoms with E-state index in [0.717, 1.165) is 0 Å². The second-order valence-electron chi connectivity index (χ2n) is 10.5.